The summed E-state index contributed by atoms with van der Waals surface area (Å²) in [6, 6.07) is 9.58. The summed E-state index contributed by atoms with van der Waals surface area (Å²) >= 11 is 13.6. The molecule has 0 saturated heterocycles. The van der Waals surface area contributed by atoms with Crippen molar-refractivity contribution in [2.45, 2.75) is 38.7 Å². The molecule has 1 atom stereocenters. The Hall–Kier alpha value is -0.540. The summed E-state index contributed by atoms with van der Waals surface area (Å²) < 4.78 is 0. The monoisotopic (exact) mass is 328 g/mol. The minimum absolute atomic E-state index is 0.117. The molecule has 20 heavy (non-hydrogen) atoms. The lowest BCUT2D eigenvalue weighted by Gasteiger charge is -2.15. The minimum atomic E-state index is -0.506. The summed E-state index contributed by atoms with van der Waals surface area (Å²) in [6.45, 7) is 6.52. The van der Waals surface area contributed by atoms with Gasteiger partial charge in [0.25, 0.3) is 0 Å². The van der Waals surface area contributed by atoms with E-state index in [1.807, 2.05) is 18.2 Å². The molecule has 1 heterocycles. The first-order valence-electron chi connectivity index (χ1n) is 6.49. The van der Waals surface area contributed by atoms with Gasteiger partial charge < -0.3 is 5.11 Å². The Bertz CT molecular complexity index is 599. The van der Waals surface area contributed by atoms with E-state index in [4.69, 9.17) is 23.2 Å². The van der Waals surface area contributed by atoms with Crippen molar-refractivity contribution >= 4 is 34.5 Å². The van der Waals surface area contributed by atoms with Gasteiger partial charge in [0.05, 0.1) is 16.1 Å². The standard InChI is InChI=1S/C16H18Cl2OS/c1-16(2,3)15-7-6-14(20-15)13(19)9-10-4-5-11(17)12(18)8-10/h4-8,13,19H,9H2,1-3H3. The van der Waals surface area contributed by atoms with Gasteiger partial charge in [-0.25, -0.2) is 0 Å². The fourth-order valence-electron chi connectivity index (χ4n) is 1.93. The lowest BCUT2D eigenvalue weighted by atomic mass is 9.95. The molecule has 0 aliphatic carbocycles. The average Bonchev–Trinajstić information content (AvgIpc) is 2.83. The lowest BCUT2D eigenvalue weighted by Crippen LogP contribution is -2.07. The quantitative estimate of drug-likeness (QED) is 0.774. The Labute approximate surface area is 134 Å². The largest absolute Gasteiger partial charge is 0.387 e. The van der Waals surface area contributed by atoms with Crippen LogP contribution in [-0.2, 0) is 11.8 Å². The molecule has 0 spiro atoms. The van der Waals surface area contributed by atoms with Crippen molar-refractivity contribution in [2.75, 3.05) is 0 Å². The summed E-state index contributed by atoms with van der Waals surface area (Å²) in [7, 11) is 0. The van der Waals surface area contributed by atoms with Gasteiger partial charge in [0, 0.05) is 16.2 Å². The normalized spacial score (nSPS) is 13.5. The maximum Gasteiger partial charge on any atom is 0.0922 e. The molecule has 4 heteroatoms. The molecule has 1 aromatic heterocycles. The molecular formula is C16H18Cl2OS. The van der Waals surface area contributed by atoms with E-state index in [0.29, 0.717) is 16.5 Å². The topological polar surface area (TPSA) is 20.2 Å². The Morgan fingerprint density at radius 3 is 2.35 bits per heavy atom. The van der Waals surface area contributed by atoms with Crippen LogP contribution >= 0.6 is 34.5 Å². The molecule has 1 nitrogen and oxygen atoms in total. The highest BCUT2D eigenvalue weighted by atomic mass is 35.5. The summed E-state index contributed by atoms with van der Waals surface area (Å²) in [4.78, 5) is 2.27. The Kier molecular flexibility index (Phi) is 4.80. The minimum Gasteiger partial charge on any atom is -0.387 e. The van der Waals surface area contributed by atoms with Crippen LogP contribution in [0.25, 0.3) is 0 Å². The van der Waals surface area contributed by atoms with Crippen LogP contribution in [0.5, 0.6) is 0 Å². The smallest absolute Gasteiger partial charge is 0.0922 e. The molecule has 1 unspecified atom stereocenters. The van der Waals surface area contributed by atoms with Crippen LogP contribution in [-0.4, -0.2) is 5.11 Å². The zero-order valence-electron chi connectivity index (χ0n) is 11.8. The maximum absolute atomic E-state index is 10.3. The molecule has 0 radical (unpaired) electrons. The van der Waals surface area contributed by atoms with Gasteiger partial charge in [-0.1, -0.05) is 50.0 Å². The Balaban J connectivity index is 2.13. The number of aliphatic hydroxyl groups is 1. The number of rotatable bonds is 3. The van der Waals surface area contributed by atoms with E-state index in [-0.39, 0.29) is 5.41 Å². The van der Waals surface area contributed by atoms with Crippen LogP contribution in [0.4, 0.5) is 0 Å². The van der Waals surface area contributed by atoms with Crippen molar-refractivity contribution in [1.82, 2.24) is 0 Å². The number of thiophene rings is 1. The van der Waals surface area contributed by atoms with Crippen molar-refractivity contribution in [3.8, 4) is 0 Å². The zero-order chi connectivity index (χ0) is 14.9. The van der Waals surface area contributed by atoms with Gasteiger partial charge in [-0.05, 0) is 35.2 Å². The number of aliphatic hydroxyl groups excluding tert-OH is 1. The second-order valence-electron chi connectivity index (χ2n) is 5.92. The van der Waals surface area contributed by atoms with E-state index in [2.05, 4.69) is 26.8 Å². The van der Waals surface area contributed by atoms with Crippen molar-refractivity contribution in [1.29, 1.82) is 0 Å². The predicted octanol–water partition coefficient (Wildman–Crippen LogP) is 5.63. The van der Waals surface area contributed by atoms with Gasteiger partial charge in [0.2, 0.25) is 0 Å². The van der Waals surface area contributed by atoms with Crippen LogP contribution in [0, 0.1) is 0 Å². The molecule has 2 aromatic rings. The van der Waals surface area contributed by atoms with Crippen LogP contribution in [0.3, 0.4) is 0 Å². The molecule has 2 rings (SSSR count). The SMILES string of the molecule is CC(C)(C)c1ccc(C(O)Cc2ccc(Cl)c(Cl)c2)s1. The van der Waals surface area contributed by atoms with E-state index >= 15 is 0 Å². The highest BCUT2D eigenvalue weighted by Gasteiger charge is 2.19. The lowest BCUT2D eigenvalue weighted by molar-refractivity contribution is 0.182. The van der Waals surface area contributed by atoms with Crippen LogP contribution in [0.2, 0.25) is 10.0 Å². The van der Waals surface area contributed by atoms with Gasteiger partial charge in [-0.15, -0.1) is 11.3 Å². The zero-order valence-corrected chi connectivity index (χ0v) is 14.1. The average molecular weight is 329 g/mol. The summed E-state index contributed by atoms with van der Waals surface area (Å²) in [5.74, 6) is 0. The Morgan fingerprint density at radius 2 is 1.80 bits per heavy atom. The van der Waals surface area contributed by atoms with Gasteiger partial charge in [0.1, 0.15) is 0 Å². The van der Waals surface area contributed by atoms with Crippen molar-refractivity contribution in [3.05, 3.63) is 55.7 Å². The van der Waals surface area contributed by atoms with E-state index in [1.54, 1.807) is 17.4 Å². The van der Waals surface area contributed by atoms with Crippen molar-refractivity contribution < 1.29 is 5.11 Å². The second-order valence-corrected chi connectivity index (χ2v) is 7.85. The predicted molar refractivity (Wildman–Crippen MR) is 88.1 cm³/mol. The Morgan fingerprint density at radius 1 is 1.10 bits per heavy atom. The third kappa shape index (κ3) is 3.76. The summed E-state index contributed by atoms with van der Waals surface area (Å²) in [6.07, 6.45) is 0.0365. The highest BCUT2D eigenvalue weighted by molar-refractivity contribution is 7.12. The van der Waals surface area contributed by atoms with Gasteiger partial charge in [0.15, 0.2) is 0 Å². The van der Waals surface area contributed by atoms with E-state index in [9.17, 15) is 5.11 Å². The number of hydrogen-bond donors (Lipinski definition) is 1. The maximum atomic E-state index is 10.3. The second kappa shape index (κ2) is 6.07. The molecule has 0 bridgehead atoms. The first-order chi connectivity index (χ1) is 9.27. The number of benzene rings is 1. The molecule has 0 fully saturated rings. The fraction of sp³-hybridized carbons (Fsp3) is 0.375. The number of hydrogen-bond acceptors (Lipinski definition) is 2. The molecule has 0 aliphatic rings. The van der Waals surface area contributed by atoms with Gasteiger partial charge >= 0.3 is 0 Å². The molecule has 108 valence electrons. The van der Waals surface area contributed by atoms with Crippen LogP contribution in [0.15, 0.2) is 30.3 Å². The van der Waals surface area contributed by atoms with E-state index in [0.717, 1.165) is 10.4 Å². The van der Waals surface area contributed by atoms with Crippen LogP contribution in [0.1, 0.15) is 42.2 Å². The summed E-state index contributed by atoms with van der Waals surface area (Å²) in [5, 5.41) is 11.4. The first-order valence-corrected chi connectivity index (χ1v) is 8.07. The first kappa shape index (κ1) is 15.8. The fourth-order valence-corrected chi connectivity index (χ4v) is 3.30. The van der Waals surface area contributed by atoms with Gasteiger partial charge in [-0.2, -0.15) is 0 Å². The van der Waals surface area contributed by atoms with Crippen molar-refractivity contribution in [2.24, 2.45) is 0 Å². The molecule has 0 saturated carbocycles. The molecule has 1 aromatic carbocycles. The molecule has 1 N–H and O–H groups in total. The number of halogens is 2. The molecule has 0 amide bonds. The van der Waals surface area contributed by atoms with Crippen LogP contribution < -0.4 is 0 Å². The van der Waals surface area contributed by atoms with E-state index in [1.165, 1.54) is 4.88 Å². The van der Waals surface area contributed by atoms with Gasteiger partial charge in [-0.3, -0.25) is 0 Å². The summed E-state index contributed by atoms with van der Waals surface area (Å²) in [5.41, 5.74) is 1.10. The third-order valence-electron chi connectivity index (χ3n) is 3.11. The van der Waals surface area contributed by atoms with E-state index < -0.39 is 6.10 Å². The third-order valence-corrected chi connectivity index (χ3v) is 5.46. The van der Waals surface area contributed by atoms with Crippen molar-refractivity contribution in [3.63, 3.8) is 0 Å². The molecular weight excluding hydrogens is 311 g/mol. The molecule has 0 aliphatic heterocycles. The highest BCUT2D eigenvalue weighted by Crippen LogP contribution is 2.34.